The summed E-state index contributed by atoms with van der Waals surface area (Å²) in [6.45, 7) is 0. The van der Waals surface area contributed by atoms with Gasteiger partial charge in [0.25, 0.3) is 0 Å². The number of hydrogen-bond acceptors (Lipinski definition) is 4. The molecule has 0 aliphatic heterocycles. The molecule has 0 saturated carbocycles. The van der Waals surface area contributed by atoms with E-state index in [0.29, 0.717) is 10.6 Å². The van der Waals surface area contributed by atoms with Crippen molar-refractivity contribution in [1.29, 1.82) is 0 Å². The fraction of sp³-hybridized carbons (Fsp3) is 0. The van der Waals surface area contributed by atoms with Gasteiger partial charge < -0.3 is 10.9 Å². The Labute approximate surface area is 127 Å². The van der Waals surface area contributed by atoms with Crippen molar-refractivity contribution in [3.8, 4) is 0 Å². The molecular weight excluding hydrogens is 350 g/mol. The van der Waals surface area contributed by atoms with E-state index in [1.807, 2.05) is 18.2 Å². The van der Waals surface area contributed by atoms with Gasteiger partial charge in [0.2, 0.25) is 0 Å². The summed E-state index contributed by atoms with van der Waals surface area (Å²) in [6, 6.07) is 9.00. The Bertz CT molecular complexity index is 619. The third kappa shape index (κ3) is 3.62. The molecule has 1 aromatic heterocycles. The molecule has 0 amide bonds. The first-order chi connectivity index (χ1) is 9.10. The van der Waals surface area contributed by atoms with E-state index in [-0.39, 0.29) is 5.84 Å². The van der Waals surface area contributed by atoms with E-state index in [1.54, 1.807) is 18.3 Å². The Morgan fingerprint density at radius 3 is 2.74 bits per heavy atom. The van der Waals surface area contributed by atoms with Crippen LogP contribution in [-0.2, 0) is 0 Å². The van der Waals surface area contributed by atoms with Gasteiger partial charge >= 0.3 is 0 Å². The van der Waals surface area contributed by atoms with Gasteiger partial charge in [-0.05, 0) is 46.3 Å². The van der Waals surface area contributed by atoms with Crippen LogP contribution < -0.4 is 5.73 Å². The van der Waals surface area contributed by atoms with Gasteiger partial charge in [0.1, 0.15) is 5.03 Å². The smallest absolute Gasteiger partial charge is 0.170 e. The molecule has 0 spiro atoms. The molecule has 0 saturated heterocycles. The third-order valence-electron chi connectivity index (χ3n) is 2.25. The quantitative estimate of drug-likeness (QED) is 0.379. The first kappa shape index (κ1) is 14.2. The average Bonchev–Trinajstić information content (AvgIpc) is 2.42. The van der Waals surface area contributed by atoms with E-state index in [4.69, 9.17) is 22.5 Å². The topological polar surface area (TPSA) is 71.5 Å². The number of rotatable bonds is 3. The van der Waals surface area contributed by atoms with Crippen LogP contribution in [0.3, 0.4) is 0 Å². The molecule has 1 heterocycles. The number of pyridine rings is 1. The van der Waals surface area contributed by atoms with E-state index in [0.717, 1.165) is 14.4 Å². The van der Waals surface area contributed by atoms with Crippen molar-refractivity contribution in [1.82, 2.24) is 4.98 Å². The number of benzene rings is 1. The zero-order chi connectivity index (χ0) is 13.8. The Kier molecular flexibility index (Phi) is 4.68. The lowest BCUT2D eigenvalue weighted by Gasteiger charge is -2.05. The molecule has 98 valence electrons. The Hall–Kier alpha value is -1.24. The lowest BCUT2D eigenvalue weighted by molar-refractivity contribution is 0.318. The van der Waals surface area contributed by atoms with Crippen LogP contribution >= 0.6 is 39.3 Å². The number of aromatic nitrogens is 1. The van der Waals surface area contributed by atoms with Crippen LogP contribution in [0.5, 0.6) is 0 Å². The Morgan fingerprint density at radius 2 is 2.16 bits per heavy atom. The number of amidine groups is 1. The molecule has 2 aromatic rings. The van der Waals surface area contributed by atoms with Crippen molar-refractivity contribution >= 4 is 45.1 Å². The van der Waals surface area contributed by atoms with Gasteiger partial charge in [0.15, 0.2) is 5.84 Å². The number of hydrogen-bond donors (Lipinski definition) is 2. The lowest BCUT2D eigenvalue weighted by atomic mass is 10.2. The minimum atomic E-state index is 0.0280. The third-order valence-corrected chi connectivity index (χ3v) is 4.17. The summed E-state index contributed by atoms with van der Waals surface area (Å²) >= 11 is 10.9. The van der Waals surface area contributed by atoms with E-state index in [2.05, 4.69) is 26.1 Å². The number of nitrogens with two attached hydrogens (primary N) is 1. The zero-order valence-electron chi connectivity index (χ0n) is 9.55. The van der Waals surface area contributed by atoms with Gasteiger partial charge in [0, 0.05) is 21.1 Å². The molecule has 0 radical (unpaired) electrons. The fourth-order valence-corrected chi connectivity index (χ4v) is 2.63. The Balaban J connectivity index is 2.24. The van der Waals surface area contributed by atoms with Crippen LogP contribution in [-0.4, -0.2) is 16.0 Å². The molecule has 0 fully saturated rings. The van der Waals surface area contributed by atoms with Gasteiger partial charge in [-0.2, -0.15) is 0 Å². The van der Waals surface area contributed by atoms with Crippen molar-refractivity contribution in [3.05, 3.63) is 51.6 Å². The van der Waals surface area contributed by atoms with Gasteiger partial charge in [0.05, 0.1) is 5.02 Å². The second-order valence-electron chi connectivity index (χ2n) is 3.55. The molecule has 7 heteroatoms. The summed E-state index contributed by atoms with van der Waals surface area (Å²) in [7, 11) is 0. The van der Waals surface area contributed by atoms with Crippen molar-refractivity contribution in [2.45, 2.75) is 9.92 Å². The molecule has 0 unspecified atom stereocenters. The maximum absolute atomic E-state index is 8.61. The standard InChI is InChI=1S/C12H9BrClN3OS/c13-8-2-4-11(16-6-8)19-10-3-1-7(5-9(10)14)12(15)17-18/h1-6,18H,(H2,15,17). The summed E-state index contributed by atoms with van der Waals surface area (Å²) < 4.78 is 0.922. The summed E-state index contributed by atoms with van der Waals surface area (Å²) in [5.41, 5.74) is 6.07. The van der Waals surface area contributed by atoms with Crippen molar-refractivity contribution in [2.24, 2.45) is 10.9 Å². The van der Waals surface area contributed by atoms with Gasteiger partial charge in [-0.25, -0.2) is 4.98 Å². The summed E-state index contributed by atoms with van der Waals surface area (Å²) in [5.74, 6) is 0.0280. The normalized spacial score (nSPS) is 11.6. The highest BCUT2D eigenvalue weighted by Gasteiger charge is 2.07. The largest absolute Gasteiger partial charge is 0.409 e. The highest BCUT2D eigenvalue weighted by molar-refractivity contribution is 9.10. The monoisotopic (exact) mass is 357 g/mol. The van der Waals surface area contributed by atoms with Crippen LogP contribution in [0.2, 0.25) is 5.02 Å². The lowest BCUT2D eigenvalue weighted by Crippen LogP contribution is -2.12. The second-order valence-corrected chi connectivity index (χ2v) is 5.93. The first-order valence-corrected chi connectivity index (χ1v) is 7.16. The van der Waals surface area contributed by atoms with Gasteiger partial charge in [-0.1, -0.05) is 28.5 Å². The van der Waals surface area contributed by atoms with Crippen LogP contribution in [0.4, 0.5) is 0 Å². The molecule has 0 bridgehead atoms. The predicted octanol–water partition coefficient (Wildman–Crippen LogP) is 3.74. The average molecular weight is 359 g/mol. The van der Waals surface area contributed by atoms with Crippen molar-refractivity contribution in [3.63, 3.8) is 0 Å². The molecular formula is C12H9BrClN3OS. The van der Waals surface area contributed by atoms with Crippen LogP contribution in [0.25, 0.3) is 0 Å². The zero-order valence-corrected chi connectivity index (χ0v) is 12.7. The highest BCUT2D eigenvalue weighted by Crippen LogP contribution is 2.33. The minimum Gasteiger partial charge on any atom is -0.409 e. The molecule has 0 aliphatic carbocycles. The maximum atomic E-state index is 8.61. The van der Waals surface area contributed by atoms with Gasteiger partial charge in [-0.15, -0.1) is 0 Å². The van der Waals surface area contributed by atoms with Crippen LogP contribution in [0.15, 0.2) is 56.1 Å². The van der Waals surface area contributed by atoms with Crippen LogP contribution in [0.1, 0.15) is 5.56 Å². The van der Waals surface area contributed by atoms with E-state index in [1.165, 1.54) is 11.8 Å². The fourth-order valence-electron chi connectivity index (χ4n) is 1.34. The van der Waals surface area contributed by atoms with Gasteiger partial charge in [-0.3, -0.25) is 0 Å². The molecule has 19 heavy (non-hydrogen) atoms. The first-order valence-electron chi connectivity index (χ1n) is 5.17. The molecule has 0 atom stereocenters. The number of oxime groups is 1. The summed E-state index contributed by atoms with van der Waals surface area (Å²) in [5, 5.41) is 12.9. The van der Waals surface area contributed by atoms with Crippen molar-refractivity contribution in [2.75, 3.05) is 0 Å². The molecule has 4 nitrogen and oxygen atoms in total. The van der Waals surface area contributed by atoms with Crippen molar-refractivity contribution < 1.29 is 5.21 Å². The second kappa shape index (κ2) is 6.27. The molecule has 3 N–H and O–H groups in total. The van der Waals surface area contributed by atoms with E-state index < -0.39 is 0 Å². The maximum Gasteiger partial charge on any atom is 0.170 e. The van der Waals surface area contributed by atoms with E-state index in [9.17, 15) is 0 Å². The summed E-state index contributed by atoms with van der Waals surface area (Å²) in [4.78, 5) is 5.11. The van der Waals surface area contributed by atoms with Crippen LogP contribution in [0, 0.1) is 0 Å². The minimum absolute atomic E-state index is 0.0280. The number of nitrogens with zero attached hydrogens (tertiary/aromatic N) is 2. The SMILES string of the molecule is NC(=NO)c1ccc(Sc2ccc(Br)cn2)c(Cl)c1. The Morgan fingerprint density at radius 1 is 1.37 bits per heavy atom. The highest BCUT2D eigenvalue weighted by atomic mass is 79.9. The van der Waals surface area contributed by atoms with E-state index >= 15 is 0 Å². The number of halogens is 2. The summed E-state index contributed by atoms with van der Waals surface area (Å²) in [6.07, 6.45) is 1.72. The predicted molar refractivity (Wildman–Crippen MR) is 80.0 cm³/mol. The molecule has 2 rings (SSSR count). The molecule has 1 aromatic carbocycles. The molecule has 0 aliphatic rings.